The van der Waals surface area contributed by atoms with Crippen molar-refractivity contribution < 1.29 is 9.90 Å². The van der Waals surface area contributed by atoms with E-state index in [1.807, 2.05) is 18.9 Å². The second kappa shape index (κ2) is 6.07. The van der Waals surface area contributed by atoms with Crippen LogP contribution in [0.1, 0.15) is 18.5 Å². The van der Waals surface area contributed by atoms with E-state index in [9.17, 15) is 9.90 Å². The molecule has 1 N–H and O–H groups in total. The van der Waals surface area contributed by atoms with Gasteiger partial charge in [-0.25, -0.2) is 0 Å². The van der Waals surface area contributed by atoms with Crippen LogP contribution in [0.15, 0.2) is 18.2 Å². The lowest BCUT2D eigenvalue weighted by atomic mass is 10.1. The summed E-state index contributed by atoms with van der Waals surface area (Å²) in [6.45, 7) is 2.22. The summed E-state index contributed by atoms with van der Waals surface area (Å²) in [5, 5.41) is 10.4. The minimum atomic E-state index is -0.0902. The highest BCUT2D eigenvalue weighted by atomic mass is 35.5. The molecule has 0 bridgehead atoms. The molecular formula is C13H19ClN2O2. The average molecular weight is 271 g/mol. The van der Waals surface area contributed by atoms with E-state index in [0.717, 1.165) is 5.56 Å². The number of aromatic hydroxyl groups is 1. The van der Waals surface area contributed by atoms with Crippen molar-refractivity contribution in [1.82, 2.24) is 9.80 Å². The first-order valence-electron chi connectivity index (χ1n) is 5.71. The monoisotopic (exact) mass is 270 g/mol. The number of rotatable bonds is 4. The second-order valence-corrected chi connectivity index (χ2v) is 5.02. The number of carbonyl (C=O) groups excluding carboxylic acids is 1. The Bertz CT molecular complexity index is 435. The van der Waals surface area contributed by atoms with Gasteiger partial charge in [0.05, 0.1) is 6.54 Å². The number of phenols is 1. The van der Waals surface area contributed by atoms with E-state index in [2.05, 4.69) is 0 Å². The van der Waals surface area contributed by atoms with Gasteiger partial charge in [0, 0.05) is 30.7 Å². The highest BCUT2D eigenvalue weighted by molar-refractivity contribution is 6.30. The highest BCUT2D eigenvalue weighted by Crippen LogP contribution is 2.30. The normalized spacial score (nSPS) is 12.6. The average Bonchev–Trinajstić information content (AvgIpc) is 2.31. The maximum absolute atomic E-state index is 11.6. The Kier molecular flexibility index (Phi) is 4.99. The van der Waals surface area contributed by atoms with Gasteiger partial charge >= 0.3 is 0 Å². The molecule has 0 aliphatic carbocycles. The molecule has 0 heterocycles. The molecule has 0 saturated heterocycles. The minimum Gasteiger partial charge on any atom is -0.508 e. The fourth-order valence-corrected chi connectivity index (χ4v) is 1.77. The first kappa shape index (κ1) is 14.8. The zero-order chi connectivity index (χ0) is 13.9. The third-order valence-corrected chi connectivity index (χ3v) is 3.22. The van der Waals surface area contributed by atoms with Gasteiger partial charge in [0.2, 0.25) is 5.91 Å². The molecule has 0 saturated carbocycles. The fraction of sp³-hybridized carbons (Fsp3) is 0.462. The Morgan fingerprint density at radius 1 is 1.39 bits per heavy atom. The summed E-state index contributed by atoms with van der Waals surface area (Å²) in [6, 6.07) is 4.83. The van der Waals surface area contributed by atoms with Crippen molar-refractivity contribution in [3.05, 3.63) is 28.8 Å². The molecule has 18 heavy (non-hydrogen) atoms. The molecule has 100 valence electrons. The summed E-state index contributed by atoms with van der Waals surface area (Å²) in [5.41, 5.74) is 0.719. The van der Waals surface area contributed by atoms with Crippen molar-refractivity contribution in [2.24, 2.45) is 0 Å². The number of halogens is 1. The van der Waals surface area contributed by atoms with Crippen LogP contribution in [0.3, 0.4) is 0 Å². The predicted molar refractivity (Wildman–Crippen MR) is 72.9 cm³/mol. The summed E-state index contributed by atoms with van der Waals surface area (Å²) in [6.07, 6.45) is 0. The summed E-state index contributed by atoms with van der Waals surface area (Å²) < 4.78 is 0. The van der Waals surface area contributed by atoms with Gasteiger partial charge in [0.1, 0.15) is 5.75 Å². The Morgan fingerprint density at radius 3 is 2.56 bits per heavy atom. The lowest BCUT2D eigenvalue weighted by Gasteiger charge is -2.26. The van der Waals surface area contributed by atoms with Crippen LogP contribution in [0.2, 0.25) is 5.02 Å². The summed E-state index contributed by atoms with van der Waals surface area (Å²) in [5.74, 6) is 0.210. The maximum atomic E-state index is 11.6. The summed E-state index contributed by atoms with van der Waals surface area (Å²) in [7, 11) is 5.28. The van der Waals surface area contributed by atoms with Gasteiger partial charge in [-0.1, -0.05) is 11.6 Å². The quantitative estimate of drug-likeness (QED) is 0.912. The van der Waals surface area contributed by atoms with Gasteiger partial charge in [-0.2, -0.15) is 0 Å². The third kappa shape index (κ3) is 3.62. The molecule has 0 aliphatic heterocycles. The molecule has 0 spiro atoms. The number of phenolic OH excluding ortho intramolecular Hbond substituents is 1. The number of amides is 1. The molecule has 1 amide bonds. The molecule has 0 aromatic heterocycles. The summed E-state index contributed by atoms with van der Waals surface area (Å²) in [4.78, 5) is 15.0. The van der Waals surface area contributed by atoms with E-state index < -0.39 is 0 Å². The van der Waals surface area contributed by atoms with E-state index in [1.165, 1.54) is 0 Å². The van der Waals surface area contributed by atoms with E-state index >= 15 is 0 Å². The van der Waals surface area contributed by atoms with Crippen molar-refractivity contribution in [3.8, 4) is 5.75 Å². The number of hydrogen-bond donors (Lipinski definition) is 1. The Morgan fingerprint density at radius 2 is 2.00 bits per heavy atom. The van der Waals surface area contributed by atoms with E-state index in [0.29, 0.717) is 11.6 Å². The molecule has 1 rings (SSSR count). The molecule has 0 radical (unpaired) electrons. The van der Waals surface area contributed by atoms with E-state index in [-0.39, 0.29) is 17.7 Å². The molecule has 5 heteroatoms. The van der Waals surface area contributed by atoms with Crippen LogP contribution in [0.5, 0.6) is 5.75 Å². The largest absolute Gasteiger partial charge is 0.508 e. The topological polar surface area (TPSA) is 43.8 Å². The number of benzene rings is 1. The fourth-order valence-electron chi connectivity index (χ4n) is 1.59. The Balaban J connectivity index is 2.83. The summed E-state index contributed by atoms with van der Waals surface area (Å²) >= 11 is 5.92. The van der Waals surface area contributed by atoms with Crippen LogP contribution in [0.4, 0.5) is 0 Å². The van der Waals surface area contributed by atoms with E-state index in [1.54, 1.807) is 37.2 Å². The van der Waals surface area contributed by atoms with Crippen LogP contribution in [-0.4, -0.2) is 48.5 Å². The number of nitrogens with zero attached hydrogens (tertiary/aromatic N) is 2. The van der Waals surface area contributed by atoms with Crippen LogP contribution < -0.4 is 0 Å². The first-order chi connectivity index (χ1) is 8.32. The van der Waals surface area contributed by atoms with Crippen LogP contribution in [-0.2, 0) is 4.79 Å². The molecular weight excluding hydrogens is 252 g/mol. The van der Waals surface area contributed by atoms with Crippen LogP contribution in [0, 0.1) is 0 Å². The molecule has 4 nitrogen and oxygen atoms in total. The molecule has 1 unspecified atom stereocenters. The van der Waals surface area contributed by atoms with Crippen molar-refractivity contribution in [2.45, 2.75) is 13.0 Å². The minimum absolute atomic E-state index is 0.0193. The smallest absolute Gasteiger partial charge is 0.236 e. The number of hydrogen-bond acceptors (Lipinski definition) is 3. The molecule has 1 aromatic rings. The first-order valence-corrected chi connectivity index (χ1v) is 6.09. The number of carbonyl (C=O) groups is 1. The SMILES string of the molecule is CC(c1cc(Cl)ccc1O)N(C)CC(=O)N(C)C. The van der Waals surface area contributed by atoms with Crippen molar-refractivity contribution in [1.29, 1.82) is 0 Å². The highest BCUT2D eigenvalue weighted by Gasteiger charge is 2.18. The molecule has 1 atom stereocenters. The zero-order valence-electron chi connectivity index (χ0n) is 11.1. The van der Waals surface area contributed by atoms with Crippen molar-refractivity contribution in [3.63, 3.8) is 0 Å². The Hall–Kier alpha value is -1.26. The maximum Gasteiger partial charge on any atom is 0.236 e. The lowest BCUT2D eigenvalue weighted by Crippen LogP contribution is -2.35. The second-order valence-electron chi connectivity index (χ2n) is 4.58. The van der Waals surface area contributed by atoms with Crippen LogP contribution in [0.25, 0.3) is 0 Å². The lowest BCUT2D eigenvalue weighted by molar-refractivity contribution is -0.130. The predicted octanol–water partition coefficient (Wildman–Crippen LogP) is 2.13. The molecule has 0 aliphatic rings. The van der Waals surface area contributed by atoms with Gasteiger partial charge in [0.15, 0.2) is 0 Å². The zero-order valence-corrected chi connectivity index (χ0v) is 11.9. The number of likely N-dealkylation sites (N-methyl/N-ethyl adjacent to an activating group) is 2. The van der Waals surface area contributed by atoms with Gasteiger partial charge in [-0.05, 0) is 32.2 Å². The van der Waals surface area contributed by atoms with Gasteiger partial charge in [-0.15, -0.1) is 0 Å². The van der Waals surface area contributed by atoms with Gasteiger partial charge in [-0.3, -0.25) is 9.69 Å². The third-order valence-electron chi connectivity index (χ3n) is 2.98. The molecule has 0 fully saturated rings. The van der Waals surface area contributed by atoms with Crippen LogP contribution >= 0.6 is 11.6 Å². The van der Waals surface area contributed by atoms with Crippen molar-refractivity contribution >= 4 is 17.5 Å². The standard InChI is InChI=1S/C13H19ClN2O2/c1-9(16(4)8-13(18)15(2)3)11-7-10(14)5-6-12(11)17/h5-7,9,17H,8H2,1-4H3. The van der Waals surface area contributed by atoms with E-state index in [4.69, 9.17) is 11.6 Å². The van der Waals surface area contributed by atoms with Crippen molar-refractivity contribution in [2.75, 3.05) is 27.7 Å². The van der Waals surface area contributed by atoms with Gasteiger partial charge < -0.3 is 10.0 Å². The van der Waals surface area contributed by atoms with Gasteiger partial charge in [0.25, 0.3) is 0 Å². The Labute approximate surface area is 113 Å². The molecule has 1 aromatic carbocycles.